The number of hydrogen-bond acceptors (Lipinski definition) is 7. The van der Waals surface area contributed by atoms with E-state index in [9.17, 15) is 19.5 Å². The van der Waals surface area contributed by atoms with Crippen LogP contribution < -0.4 is 5.32 Å². The summed E-state index contributed by atoms with van der Waals surface area (Å²) < 4.78 is 5.74. The number of amides is 1. The van der Waals surface area contributed by atoms with Crippen molar-refractivity contribution in [2.24, 2.45) is 5.92 Å². The van der Waals surface area contributed by atoms with Gasteiger partial charge in [0.25, 0.3) is 0 Å². The molecule has 7 nitrogen and oxygen atoms in total. The van der Waals surface area contributed by atoms with Crippen molar-refractivity contribution in [1.82, 2.24) is 10.2 Å². The third kappa shape index (κ3) is 9.30. The van der Waals surface area contributed by atoms with Crippen LogP contribution in [0.15, 0.2) is 24.3 Å². The molecule has 4 atom stereocenters. The number of unbranched alkanes of at least 4 members (excludes halogenated alkanes) is 1. The molecule has 1 amide bonds. The highest BCUT2D eigenvalue weighted by molar-refractivity contribution is 7.99. The lowest BCUT2D eigenvalue weighted by Gasteiger charge is -2.26. The first-order valence-corrected chi connectivity index (χ1v) is 15.5. The normalized spacial score (nSPS) is 17.3. The molecule has 36 heavy (non-hydrogen) atoms. The lowest BCUT2D eigenvalue weighted by molar-refractivity contribution is -0.154. The SMILES string of the molecule is CCC(C)C(NCCC(=O)N1Cc2ccccc2C1C(=O)O)OC(=O)CCCCC(CCSC)SC. The molecule has 1 aromatic carbocycles. The molecular weight excluding hydrogens is 496 g/mol. The molecule has 0 radical (unpaired) electrons. The number of carboxylic acids is 1. The van der Waals surface area contributed by atoms with Crippen molar-refractivity contribution in [2.45, 2.75) is 82.9 Å². The Morgan fingerprint density at radius 3 is 2.58 bits per heavy atom. The van der Waals surface area contributed by atoms with E-state index in [4.69, 9.17) is 4.74 Å². The number of thioether (sulfide) groups is 2. The number of esters is 1. The van der Waals surface area contributed by atoms with Crippen molar-refractivity contribution in [2.75, 3.05) is 24.8 Å². The standard InChI is InChI=1S/C27H42N2O5S2/c1-5-19(2)26(34-24(31)13-9-7-11-21(36-4)15-17-35-3)28-16-14-23(30)29-18-20-10-6-8-12-22(20)25(29)27(32)33/h6,8,10,12,19,21,25-26,28H,5,7,9,11,13-18H2,1-4H3,(H,32,33). The molecule has 1 heterocycles. The van der Waals surface area contributed by atoms with E-state index in [2.05, 4.69) is 17.8 Å². The highest BCUT2D eigenvalue weighted by atomic mass is 32.2. The molecule has 0 saturated carbocycles. The Kier molecular flexibility index (Phi) is 13.7. The van der Waals surface area contributed by atoms with E-state index in [1.807, 2.05) is 49.5 Å². The van der Waals surface area contributed by atoms with Gasteiger partial charge in [-0.2, -0.15) is 23.5 Å². The average Bonchev–Trinajstić information content (AvgIpc) is 3.27. The zero-order valence-corrected chi connectivity index (χ0v) is 23.7. The van der Waals surface area contributed by atoms with Crippen LogP contribution in [0.4, 0.5) is 0 Å². The van der Waals surface area contributed by atoms with E-state index in [0.29, 0.717) is 30.3 Å². The monoisotopic (exact) mass is 538 g/mol. The summed E-state index contributed by atoms with van der Waals surface area (Å²) in [6, 6.07) is 6.32. The predicted molar refractivity (Wildman–Crippen MR) is 148 cm³/mol. The van der Waals surface area contributed by atoms with Crippen LogP contribution in [-0.2, 0) is 25.7 Å². The molecule has 2 rings (SSSR count). The molecule has 9 heteroatoms. The summed E-state index contributed by atoms with van der Waals surface area (Å²) in [6.45, 7) is 4.66. The first kappa shape index (κ1) is 30.5. The van der Waals surface area contributed by atoms with Crippen LogP contribution in [-0.4, -0.2) is 64.1 Å². The minimum atomic E-state index is -1.03. The number of nitrogens with zero attached hydrogens (tertiary/aromatic N) is 1. The van der Waals surface area contributed by atoms with Gasteiger partial charge in [-0.15, -0.1) is 0 Å². The van der Waals surface area contributed by atoms with E-state index in [-0.39, 0.29) is 24.2 Å². The van der Waals surface area contributed by atoms with E-state index in [1.54, 1.807) is 12.1 Å². The smallest absolute Gasteiger partial charge is 0.331 e. The highest BCUT2D eigenvalue weighted by Crippen LogP contribution is 2.34. The third-order valence-corrected chi connectivity index (χ3v) is 8.58. The fraction of sp³-hybridized carbons (Fsp3) is 0.667. The number of carbonyl (C=O) groups excluding carboxylic acids is 2. The van der Waals surface area contributed by atoms with Gasteiger partial charge in [0.15, 0.2) is 12.3 Å². The molecule has 0 aromatic heterocycles. The average molecular weight is 539 g/mol. The molecule has 0 saturated heterocycles. The van der Waals surface area contributed by atoms with Gasteiger partial charge in [0.1, 0.15) is 0 Å². The maximum absolute atomic E-state index is 12.9. The van der Waals surface area contributed by atoms with Crippen LogP contribution in [0.3, 0.4) is 0 Å². The van der Waals surface area contributed by atoms with E-state index in [0.717, 1.165) is 31.2 Å². The topological polar surface area (TPSA) is 95.9 Å². The van der Waals surface area contributed by atoms with Gasteiger partial charge in [-0.05, 0) is 55.1 Å². The van der Waals surface area contributed by atoms with Gasteiger partial charge in [0.05, 0.1) is 0 Å². The summed E-state index contributed by atoms with van der Waals surface area (Å²) in [5, 5.41) is 13.6. The van der Waals surface area contributed by atoms with Crippen LogP contribution in [0.1, 0.15) is 76.0 Å². The van der Waals surface area contributed by atoms with Gasteiger partial charge >= 0.3 is 11.9 Å². The summed E-state index contributed by atoms with van der Waals surface area (Å²) in [5.41, 5.74) is 1.54. The number of nitrogens with one attached hydrogen (secondary N) is 1. The fourth-order valence-corrected chi connectivity index (χ4v) is 5.82. The molecule has 1 aromatic rings. The lowest BCUT2D eigenvalue weighted by Crippen LogP contribution is -2.41. The van der Waals surface area contributed by atoms with Gasteiger partial charge in [-0.3, -0.25) is 14.9 Å². The zero-order chi connectivity index (χ0) is 26.5. The summed E-state index contributed by atoms with van der Waals surface area (Å²) in [5.74, 6) is -0.213. The Hall–Kier alpha value is -1.71. The van der Waals surface area contributed by atoms with Crippen LogP contribution >= 0.6 is 23.5 Å². The summed E-state index contributed by atoms with van der Waals surface area (Å²) in [6.07, 6.45) is 9.29. The molecule has 0 aliphatic carbocycles. The number of fused-ring (bicyclic) bond motifs is 1. The van der Waals surface area contributed by atoms with Crippen LogP contribution in [0, 0.1) is 5.92 Å². The number of hydrogen-bond donors (Lipinski definition) is 2. The maximum atomic E-state index is 12.9. The second-order valence-electron chi connectivity index (χ2n) is 9.35. The summed E-state index contributed by atoms with van der Waals surface area (Å²) in [4.78, 5) is 38.7. The first-order chi connectivity index (χ1) is 17.3. The number of benzene rings is 1. The van der Waals surface area contributed by atoms with Crippen molar-refractivity contribution in [3.05, 3.63) is 35.4 Å². The molecular formula is C27H42N2O5S2. The van der Waals surface area contributed by atoms with Crippen LogP contribution in [0.5, 0.6) is 0 Å². The Labute approximate surface area is 224 Å². The lowest BCUT2D eigenvalue weighted by atomic mass is 10.1. The minimum Gasteiger partial charge on any atom is -0.479 e. The molecule has 2 N–H and O–H groups in total. The van der Waals surface area contributed by atoms with Gasteiger partial charge in [0.2, 0.25) is 5.91 Å². The molecule has 1 aliphatic heterocycles. The fourth-order valence-electron chi connectivity index (χ4n) is 4.40. The third-order valence-electron chi connectivity index (χ3n) is 6.79. The Balaban J connectivity index is 1.80. The maximum Gasteiger partial charge on any atom is 0.331 e. The van der Waals surface area contributed by atoms with Crippen LogP contribution in [0.25, 0.3) is 0 Å². The van der Waals surface area contributed by atoms with Gasteiger partial charge < -0.3 is 14.7 Å². The largest absolute Gasteiger partial charge is 0.479 e. The first-order valence-electron chi connectivity index (χ1n) is 12.9. The number of rotatable bonds is 17. The van der Waals surface area contributed by atoms with Gasteiger partial charge in [-0.1, -0.05) is 44.5 Å². The summed E-state index contributed by atoms with van der Waals surface area (Å²) in [7, 11) is 0. The molecule has 0 spiro atoms. The molecule has 0 bridgehead atoms. The van der Waals surface area contributed by atoms with Crippen LogP contribution in [0.2, 0.25) is 0 Å². The second kappa shape index (κ2) is 16.2. The van der Waals surface area contributed by atoms with E-state index < -0.39 is 18.2 Å². The second-order valence-corrected chi connectivity index (χ2v) is 11.5. The molecule has 4 unspecified atom stereocenters. The quantitative estimate of drug-likeness (QED) is 0.161. The van der Waals surface area contributed by atoms with Crippen molar-refractivity contribution in [3.8, 4) is 0 Å². The van der Waals surface area contributed by atoms with Gasteiger partial charge in [0, 0.05) is 37.1 Å². The number of ether oxygens (including phenoxy) is 1. The number of carbonyl (C=O) groups is 3. The van der Waals surface area contributed by atoms with E-state index >= 15 is 0 Å². The van der Waals surface area contributed by atoms with Gasteiger partial charge in [-0.25, -0.2) is 4.79 Å². The number of carboxylic acid groups (broad SMARTS) is 1. The van der Waals surface area contributed by atoms with Crippen molar-refractivity contribution in [3.63, 3.8) is 0 Å². The molecule has 202 valence electrons. The summed E-state index contributed by atoms with van der Waals surface area (Å²) >= 11 is 3.77. The number of aliphatic carboxylic acids is 1. The predicted octanol–water partition coefficient (Wildman–Crippen LogP) is 5.09. The minimum absolute atomic E-state index is 0.0966. The van der Waals surface area contributed by atoms with Crippen molar-refractivity contribution in [1.29, 1.82) is 0 Å². The zero-order valence-electron chi connectivity index (χ0n) is 22.0. The molecule has 1 aliphatic rings. The highest BCUT2D eigenvalue weighted by Gasteiger charge is 2.38. The van der Waals surface area contributed by atoms with Crippen molar-refractivity contribution < 1.29 is 24.2 Å². The Bertz CT molecular complexity index is 853. The molecule has 0 fully saturated rings. The van der Waals surface area contributed by atoms with Crippen molar-refractivity contribution >= 4 is 41.4 Å². The van der Waals surface area contributed by atoms with E-state index in [1.165, 1.54) is 17.1 Å². The Morgan fingerprint density at radius 1 is 1.17 bits per heavy atom. The Morgan fingerprint density at radius 2 is 1.92 bits per heavy atom.